The normalized spacial score (nSPS) is 22.3. The van der Waals surface area contributed by atoms with E-state index in [1.54, 1.807) is 12.7 Å². The molecule has 0 amide bonds. The molecule has 1 aliphatic heterocycles. The third-order valence-electron chi connectivity index (χ3n) is 9.61. The van der Waals surface area contributed by atoms with Gasteiger partial charge in [0.2, 0.25) is 0 Å². The van der Waals surface area contributed by atoms with E-state index in [0.717, 1.165) is 38.8 Å². The molecule has 4 atom stereocenters. The Morgan fingerprint density at radius 2 is 1.58 bits per heavy atom. The Labute approximate surface area is 262 Å². The fraction of sp³-hybridized carbons (Fsp3) is 0.806. The van der Waals surface area contributed by atoms with Gasteiger partial charge in [0, 0.05) is 13.1 Å². The van der Waals surface area contributed by atoms with Gasteiger partial charge in [0.05, 0.1) is 31.4 Å². The minimum Gasteiger partial charge on any atom is -0.414 e. The smallest absolute Gasteiger partial charge is 0.192 e. The van der Waals surface area contributed by atoms with Gasteiger partial charge in [-0.25, -0.2) is 19.9 Å². The van der Waals surface area contributed by atoms with Gasteiger partial charge in [0.15, 0.2) is 39.8 Å². The van der Waals surface area contributed by atoms with Gasteiger partial charge in [0.25, 0.3) is 0 Å². The van der Waals surface area contributed by atoms with Gasteiger partial charge in [-0.3, -0.25) is 4.57 Å². The van der Waals surface area contributed by atoms with Gasteiger partial charge in [-0.2, -0.15) is 0 Å². The summed E-state index contributed by atoms with van der Waals surface area (Å²) in [6.45, 7) is 29.2. The number of rotatable bonds is 14. The molecule has 0 bridgehead atoms. The first kappa shape index (κ1) is 35.8. The molecule has 10 nitrogen and oxygen atoms in total. The maximum Gasteiger partial charge on any atom is 0.192 e. The summed E-state index contributed by atoms with van der Waals surface area (Å²) in [6.07, 6.45) is 8.54. The van der Waals surface area contributed by atoms with Gasteiger partial charge in [-0.15, -0.1) is 0 Å². The lowest BCUT2D eigenvalue weighted by atomic mass is 10.1. The summed E-state index contributed by atoms with van der Waals surface area (Å²) in [5.74, 6) is 0.545. The molecule has 1 fully saturated rings. The van der Waals surface area contributed by atoms with E-state index in [0.29, 0.717) is 23.6 Å². The van der Waals surface area contributed by atoms with Crippen LogP contribution in [0.5, 0.6) is 0 Å². The number of nitrogens with two attached hydrogens (primary N) is 1. The van der Waals surface area contributed by atoms with Crippen molar-refractivity contribution in [3.63, 3.8) is 0 Å². The van der Waals surface area contributed by atoms with E-state index in [9.17, 15) is 0 Å². The van der Waals surface area contributed by atoms with Crippen LogP contribution in [0.1, 0.15) is 87.3 Å². The lowest BCUT2D eigenvalue weighted by molar-refractivity contribution is -0.0445. The average molecular weight is 634 g/mol. The quantitative estimate of drug-likeness (QED) is 0.134. The Morgan fingerprint density at radius 1 is 0.977 bits per heavy atom. The van der Waals surface area contributed by atoms with E-state index in [-0.39, 0.29) is 28.3 Å². The lowest BCUT2D eigenvalue weighted by Gasteiger charge is -2.40. The first-order chi connectivity index (χ1) is 19.9. The van der Waals surface area contributed by atoms with Crippen molar-refractivity contribution in [2.24, 2.45) is 10.7 Å². The van der Waals surface area contributed by atoms with Crippen molar-refractivity contribution >= 4 is 40.0 Å². The SMILES string of the molecule is CCCCN(/C=N/c1ncnc2c1ncn2[C@@H]1O[C@H](CO[Si](C)(C)C(C)(C)C)[C@@H](N)[C@H]1O[Si](C)(C)C(C)(C)C)CCCC. The molecule has 0 aromatic carbocycles. The Morgan fingerprint density at radius 3 is 2.14 bits per heavy atom. The van der Waals surface area contributed by atoms with Crippen LogP contribution in [0.3, 0.4) is 0 Å². The largest absolute Gasteiger partial charge is 0.414 e. The van der Waals surface area contributed by atoms with E-state index in [4.69, 9.17) is 29.3 Å². The first-order valence-electron chi connectivity index (χ1n) is 16.1. The van der Waals surface area contributed by atoms with Crippen LogP contribution in [0.25, 0.3) is 11.2 Å². The van der Waals surface area contributed by atoms with Gasteiger partial charge >= 0.3 is 0 Å². The second-order valence-corrected chi connectivity index (χ2v) is 24.6. The number of aromatic nitrogens is 4. The summed E-state index contributed by atoms with van der Waals surface area (Å²) in [5.41, 5.74) is 8.24. The number of hydrogen-bond acceptors (Lipinski definition) is 8. The van der Waals surface area contributed by atoms with Crippen molar-refractivity contribution in [2.45, 2.75) is 142 Å². The van der Waals surface area contributed by atoms with Crippen LogP contribution in [0.15, 0.2) is 17.6 Å². The molecule has 3 rings (SSSR count). The second-order valence-electron chi connectivity index (χ2n) is 15.1. The number of aliphatic imine (C=N–C) groups is 1. The van der Waals surface area contributed by atoms with Crippen LogP contribution >= 0.6 is 0 Å². The molecule has 12 heteroatoms. The zero-order valence-corrected chi connectivity index (χ0v) is 31.0. The Bertz CT molecular complexity index is 1200. The number of hydrogen-bond donors (Lipinski definition) is 1. The Kier molecular flexibility index (Phi) is 11.8. The summed E-state index contributed by atoms with van der Waals surface area (Å²) in [6, 6.07) is -0.369. The number of unbranched alkanes of at least 4 members (excludes halogenated alkanes) is 2. The third kappa shape index (κ3) is 8.52. The molecule has 0 unspecified atom stereocenters. The summed E-state index contributed by atoms with van der Waals surface area (Å²) in [4.78, 5) is 20.9. The number of nitrogens with zero attached hydrogens (tertiary/aromatic N) is 6. The average Bonchev–Trinajstić information content (AvgIpc) is 3.47. The van der Waals surface area contributed by atoms with Crippen molar-refractivity contribution in [1.29, 1.82) is 0 Å². The molecule has 1 aliphatic rings. The monoisotopic (exact) mass is 633 g/mol. The van der Waals surface area contributed by atoms with Gasteiger partial charge < -0.3 is 24.2 Å². The van der Waals surface area contributed by atoms with Crippen molar-refractivity contribution in [3.05, 3.63) is 12.7 Å². The third-order valence-corrected chi connectivity index (χ3v) is 18.6. The number of imidazole rings is 1. The van der Waals surface area contributed by atoms with Crippen molar-refractivity contribution in [2.75, 3.05) is 19.7 Å². The van der Waals surface area contributed by atoms with E-state index in [1.807, 2.05) is 10.9 Å². The van der Waals surface area contributed by atoms with Crippen molar-refractivity contribution < 1.29 is 13.6 Å². The summed E-state index contributed by atoms with van der Waals surface area (Å²) >= 11 is 0. The zero-order chi connectivity index (χ0) is 32.2. The van der Waals surface area contributed by atoms with Crippen LogP contribution in [0, 0.1) is 0 Å². The molecule has 2 aromatic heterocycles. The molecule has 43 heavy (non-hydrogen) atoms. The van der Waals surface area contributed by atoms with E-state index in [1.165, 1.54) is 0 Å². The molecular weight excluding hydrogens is 575 g/mol. The topological polar surface area (TPSA) is 113 Å². The van der Waals surface area contributed by atoms with Crippen LogP contribution in [-0.4, -0.2) is 85.3 Å². The molecule has 2 aromatic rings. The molecule has 0 aliphatic carbocycles. The Hall–Kier alpha value is -1.71. The lowest BCUT2D eigenvalue weighted by Crippen LogP contribution is -2.52. The van der Waals surface area contributed by atoms with Gasteiger partial charge in [-0.05, 0) is 49.1 Å². The maximum atomic E-state index is 6.99. The van der Waals surface area contributed by atoms with Crippen LogP contribution < -0.4 is 5.73 Å². The number of ether oxygens (including phenoxy) is 1. The maximum absolute atomic E-state index is 6.99. The molecule has 2 N–H and O–H groups in total. The van der Waals surface area contributed by atoms with Crippen LogP contribution in [0.2, 0.25) is 36.3 Å². The van der Waals surface area contributed by atoms with E-state index >= 15 is 0 Å². The van der Waals surface area contributed by atoms with Crippen molar-refractivity contribution in [3.8, 4) is 0 Å². The molecule has 244 valence electrons. The second kappa shape index (κ2) is 14.2. The predicted octanol–water partition coefficient (Wildman–Crippen LogP) is 7.03. The fourth-order valence-electron chi connectivity index (χ4n) is 4.49. The highest BCUT2D eigenvalue weighted by molar-refractivity contribution is 6.74. The molecule has 3 heterocycles. The van der Waals surface area contributed by atoms with E-state index in [2.05, 4.69) is 96.4 Å². The molecular formula is C31H59N7O3Si2. The summed E-state index contributed by atoms with van der Waals surface area (Å²) < 4.78 is 22.3. The minimum atomic E-state index is -2.20. The zero-order valence-electron chi connectivity index (χ0n) is 29.0. The fourth-order valence-corrected chi connectivity index (χ4v) is 6.81. The number of fused-ring (bicyclic) bond motifs is 1. The van der Waals surface area contributed by atoms with Crippen molar-refractivity contribution in [1.82, 2.24) is 24.4 Å². The highest BCUT2D eigenvalue weighted by atomic mass is 28.4. The predicted molar refractivity (Wildman–Crippen MR) is 182 cm³/mol. The first-order valence-corrected chi connectivity index (χ1v) is 21.9. The minimum absolute atomic E-state index is 0.00941. The molecule has 0 spiro atoms. The molecule has 0 saturated carbocycles. The summed E-state index contributed by atoms with van der Waals surface area (Å²) in [5, 5.41) is 0.0959. The highest BCUT2D eigenvalue weighted by Crippen LogP contribution is 2.43. The Balaban J connectivity index is 1.96. The van der Waals surface area contributed by atoms with Gasteiger partial charge in [0.1, 0.15) is 12.4 Å². The van der Waals surface area contributed by atoms with Gasteiger partial charge in [-0.1, -0.05) is 68.2 Å². The highest BCUT2D eigenvalue weighted by Gasteiger charge is 2.50. The van der Waals surface area contributed by atoms with E-state index < -0.39 is 22.9 Å². The van der Waals surface area contributed by atoms with Crippen LogP contribution in [0.4, 0.5) is 5.82 Å². The molecule has 0 radical (unpaired) electrons. The van der Waals surface area contributed by atoms with Crippen LogP contribution in [-0.2, 0) is 13.6 Å². The summed E-state index contributed by atoms with van der Waals surface area (Å²) in [7, 11) is -4.20. The standard InChI is InChI=1S/C31H59N7O3Si2/c1-13-15-17-37(18-16-14-2)21-36-27-25-28(34-20-33-27)38(22-35-25)29-26(41-43(11,12)31(6,7)8)24(32)23(40-29)19-39-42(9,10)30(3,4)5/h20-24,26,29H,13-19,32H2,1-12H3/b36-21+/t23-,24-,26-,29-/m1/s1. The molecule has 1 saturated heterocycles.